The van der Waals surface area contributed by atoms with Gasteiger partial charge in [0.2, 0.25) is 0 Å². The third-order valence-corrected chi connectivity index (χ3v) is 3.48. The third-order valence-electron chi connectivity index (χ3n) is 3.48. The van der Waals surface area contributed by atoms with Gasteiger partial charge >= 0.3 is 12.1 Å². The van der Waals surface area contributed by atoms with Gasteiger partial charge in [-0.1, -0.05) is 0 Å². The van der Waals surface area contributed by atoms with Crippen LogP contribution in [-0.4, -0.2) is 48.4 Å². The van der Waals surface area contributed by atoms with E-state index in [4.69, 9.17) is 14.2 Å². The average molecular weight is 339 g/mol. The quantitative estimate of drug-likeness (QED) is 0.792. The van der Waals surface area contributed by atoms with E-state index in [1.807, 2.05) is 0 Å². The maximum absolute atomic E-state index is 13.0. The first-order valence-corrected chi connectivity index (χ1v) is 7.69. The number of likely N-dealkylation sites (tertiary alicyclic amines) is 1. The van der Waals surface area contributed by atoms with Gasteiger partial charge in [-0.3, -0.25) is 4.90 Å². The van der Waals surface area contributed by atoms with Crippen LogP contribution in [0.2, 0.25) is 0 Å². The lowest BCUT2D eigenvalue weighted by Gasteiger charge is -2.27. The molecule has 1 fully saturated rings. The van der Waals surface area contributed by atoms with Gasteiger partial charge in [-0.25, -0.2) is 14.0 Å². The van der Waals surface area contributed by atoms with Crippen molar-refractivity contribution in [2.24, 2.45) is 0 Å². The molecule has 0 aromatic heterocycles. The standard InChI is InChI=1S/C17H22FNO5/c1-17(2,3)24-16(21)19-10-13(9-14(19)15(20)22-4)23-12-7-5-11(18)6-8-12/h5-8,13-14H,9-10H2,1-4H3/t13-,14+/m1/s1. The first-order chi connectivity index (χ1) is 11.2. The third kappa shape index (κ3) is 4.59. The van der Waals surface area contributed by atoms with E-state index in [1.165, 1.54) is 36.3 Å². The number of carbonyl (C=O) groups is 2. The Labute approximate surface area is 140 Å². The predicted octanol–water partition coefficient (Wildman–Crippen LogP) is 2.76. The van der Waals surface area contributed by atoms with Crippen LogP contribution in [0.5, 0.6) is 5.75 Å². The fourth-order valence-corrected chi connectivity index (χ4v) is 2.47. The van der Waals surface area contributed by atoms with Crippen molar-refractivity contribution in [2.45, 2.75) is 44.9 Å². The number of methoxy groups -OCH3 is 1. The average Bonchev–Trinajstić information content (AvgIpc) is 2.91. The molecule has 24 heavy (non-hydrogen) atoms. The Morgan fingerprint density at radius 3 is 2.38 bits per heavy atom. The summed E-state index contributed by atoms with van der Waals surface area (Å²) in [6.07, 6.45) is -0.723. The SMILES string of the molecule is COC(=O)[C@@H]1C[C@@H](Oc2ccc(F)cc2)CN1C(=O)OC(C)(C)C. The molecule has 0 radical (unpaired) electrons. The highest BCUT2D eigenvalue weighted by Gasteiger charge is 2.43. The minimum Gasteiger partial charge on any atom is -0.488 e. The molecule has 1 aliphatic rings. The minimum absolute atomic E-state index is 0.187. The van der Waals surface area contributed by atoms with Crippen LogP contribution in [-0.2, 0) is 14.3 Å². The van der Waals surface area contributed by atoms with Crippen molar-refractivity contribution in [3.8, 4) is 5.75 Å². The number of nitrogens with zero attached hydrogens (tertiary/aromatic N) is 1. The molecule has 6 nitrogen and oxygen atoms in total. The largest absolute Gasteiger partial charge is 0.488 e. The molecule has 2 rings (SSSR count). The lowest BCUT2D eigenvalue weighted by molar-refractivity contribution is -0.145. The molecule has 132 valence electrons. The number of amides is 1. The van der Waals surface area contributed by atoms with Crippen LogP contribution < -0.4 is 4.74 Å². The number of esters is 1. The van der Waals surface area contributed by atoms with E-state index in [9.17, 15) is 14.0 Å². The second-order valence-electron chi connectivity index (χ2n) is 6.60. The second kappa shape index (κ2) is 7.07. The molecule has 1 aliphatic heterocycles. The van der Waals surface area contributed by atoms with Gasteiger partial charge in [0.25, 0.3) is 0 Å². The number of ether oxygens (including phenoxy) is 3. The summed E-state index contributed by atoms with van der Waals surface area (Å²) in [5, 5.41) is 0. The summed E-state index contributed by atoms with van der Waals surface area (Å²) >= 11 is 0. The van der Waals surface area contributed by atoms with Crippen molar-refractivity contribution in [1.29, 1.82) is 0 Å². The predicted molar refractivity (Wildman–Crippen MR) is 84.2 cm³/mol. The summed E-state index contributed by atoms with van der Waals surface area (Å²) in [6.45, 7) is 5.44. The Morgan fingerprint density at radius 1 is 1.21 bits per heavy atom. The Kier molecular flexibility index (Phi) is 5.31. The summed E-state index contributed by atoms with van der Waals surface area (Å²) in [7, 11) is 1.27. The van der Waals surface area contributed by atoms with E-state index in [-0.39, 0.29) is 18.8 Å². The lowest BCUT2D eigenvalue weighted by Crippen LogP contribution is -2.44. The molecule has 1 aromatic carbocycles. The number of carbonyl (C=O) groups excluding carboxylic acids is 2. The fourth-order valence-electron chi connectivity index (χ4n) is 2.47. The molecule has 1 aromatic rings. The first-order valence-electron chi connectivity index (χ1n) is 7.69. The number of benzene rings is 1. The van der Waals surface area contributed by atoms with Crippen LogP contribution in [0.4, 0.5) is 9.18 Å². The molecule has 0 unspecified atom stereocenters. The lowest BCUT2D eigenvalue weighted by atomic mass is 10.2. The van der Waals surface area contributed by atoms with E-state index < -0.39 is 29.8 Å². The van der Waals surface area contributed by atoms with Gasteiger partial charge in [0, 0.05) is 6.42 Å². The summed E-state index contributed by atoms with van der Waals surface area (Å²) in [6, 6.07) is 4.80. The molecule has 7 heteroatoms. The van der Waals surface area contributed by atoms with Crippen LogP contribution in [0, 0.1) is 5.82 Å². The maximum Gasteiger partial charge on any atom is 0.411 e. The molecule has 2 atom stereocenters. The second-order valence-corrected chi connectivity index (χ2v) is 6.60. The number of hydrogen-bond donors (Lipinski definition) is 0. The summed E-state index contributed by atoms with van der Waals surface area (Å²) < 4.78 is 28.8. The van der Waals surface area contributed by atoms with Crippen molar-refractivity contribution in [3.63, 3.8) is 0 Å². The summed E-state index contributed by atoms with van der Waals surface area (Å²) in [5.74, 6) is -0.418. The van der Waals surface area contributed by atoms with Crippen LogP contribution in [0.3, 0.4) is 0 Å². The number of rotatable bonds is 3. The Morgan fingerprint density at radius 2 is 1.83 bits per heavy atom. The highest BCUT2D eigenvalue weighted by Crippen LogP contribution is 2.26. The Balaban J connectivity index is 2.09. The monoisotopic (exact) mass is 339 g/mol. The van der Waals surface area contributed by atoms with Crippen LogP contribution >= 0.6 is 0 Å². The van der Waals surface area contributed by atoms with Crippen LogP contribution in [0.15, 0.2) is 24.3 Å². The van der Waals surface area contributed by atoms with Gasteiger partial charge in [0.1, 0.15) is 29.3 Å². The molecule has 0 spiro atoms. The molecular weight excluding hydrogens is 317 g/mol. The summed E-state index contributed by atoms with van der Waals surface area (Å²) in [4.78, 5) is 25.6. The molecule has 0 saturated carbocycles. The van der Waals surface area contributed by atoms with Crippen LogP contribution in [0.1, 0.15) is 27.2 Å². The van der Waals surface area contributed by atoms with Crippen molar-refractivity contribution >= 4 is 12.1 Å². The zero-order valence-electron chi connectivity index (χ0n) is 14.2. The Hall–Kier alpha value is -2.31. The topological polar surface area (TPSA) is 65.1 Å². The highest BCUT2D eigenvalue weighted by molar-refractivity contribution is 5.82. The molecule has 1 amide bonds. The van der Waals surface area contributed by atoms with Crippen molar-refractivity contribution < 1.29 is 28.2 Å². The molecular formula is C17H22FNO5. The number of hydrogen-bond acceptors (Lipinski definition) is 5. The van der Waals surface area contributed by atoms with E-state index >= 15 is 0 Å². The zero-order valence-corrected chi connectivity index (χ0v) is 14.2. The van der Waals surface area contributed by atoms with Gasteiger partial charge in [-0.2, -0.15) is 0 Å². The molecule has 0 aliphatic carbocycles. The normalized spacial score (nSPS) is 20.6. The maximum atomic E-state index is 13.0. The molecule has 0 N–H and O–H groups in total. The van der Waals surface area contributed by atoms with Crippen molar-refractivity contribution in [3.05, 3.63) is 30.1 Å². The van der Waals surface area contributed by atoms with Gasteiger partial charge in [-0.05, 0) is 45.0 Å². The minimum atomic E-state index is -0.768. The zero-order chi connectivity index (χ0) is 17.9. The van der Waals surface area contributed by atoms with E-state index in [2.05, 4.69) is 0 Å². The molecule has 1 saturated heterocycles. The van der Waals surface area contributed by atoms with E-state index in [0.717, 1.165) is 0 Å². The van der Waals surface area contributed by atoms with Crippen molar-refractivity contribution in [2.75, 3.05) is 13.7 Å². The summed E-state index contributed by atoms with van der Waals surface area (Å²) in [5.41, 5.74) is -0.673. The van der Waals surface area contributed by atoms with E-state index in [0.29, 0.717) is 5.75 Å². The fraction of sp³-hybridized carbons (Fsp3) is 0.529. The van der Waals surface area contributed by atoms with Gasteiger partial charge in [0.05, 0.1) is 13.7 Å². The van der Waals surface area contributed by atoms with E-state index in [1.54, 1.807) is 20.8 Å². The van der Waals surface area contributed by atoms with Gasteiger partial charge in [0.15, 0.2) is 0 Å². The smallest absolute Gasteiger partial charge is 0.411 e. The highest BCUT2D eigenvalue weighted by atomic mass is 19.1. The first kappa shape index (κ1) is 18.0. The Bertz CT molecular complexity index is 596. The number of halogens is 1. The van der Waals surface area contributed by atoms with Gasteiger partial charge < -0.3 is 14.2 Å². The van der Waals surface area contributed by atoms with Gasteiger partial charge in [-0.15, -0.1) is 0 Å². The van der Waals surface area contributed by atoms with Crippen molar-refractivity contribution in [1.82, 2.24) is 4.90 Å². The van der Waals surface area contributed by atoms with Crippen LogP contribution in [0.25, 0.3) is 0 Å². The molecule has 0 bridgehead atoms. The molecule has 1 heterocycles.